The molecule has 2 atom stereocenters. The maximum Gasteiger partial charge on any atom is 0.262 e. The van der Waals surface area contributed by atoms with Crippen LogP contribution in [-0.4, -0.2) is 47.8 Å². The van der Waals surface area contributed by atoms with Crippen LogP contribution in [0.5, 0.6) is 0 Å². The van der Waals surface area contributed by atoms with Crippen molar-refractivity contribution in [1.82, 2.24) is 15.5 Å². The minimum absolute atomic E-state index is 0.00337. The smallest absolute Gasteiger partial charge is 0.262 e. The van der Waals surface area contributed by atoms with E-state index in [1.807, 2.05) is 19.2 Å². The van der Waals surface area contributed by atoms with Crippen molar-refractivity contribution in [3.05, 3.63) is 58.0 Å². The van der Waals surface area contributed by atoms with Crippen molar-refractivity contribution in [3.8, 4) is 0 Å². The van der Waals surface area contributed by atoms with Gasteiger partial charge in [0.15, 0.2) is 0 Å². The third-order valence-corrected chi connectivity index (χ3v) is 6.59. The summed E-state index contributed by atoms with van der Waals surface area (Å²) in [5.74, 6) is -1.48. The second-order valence-electron chi connectivity index (χ2n) is 7.86. The van der Waals surface area contributed by atoms with Crippen molar-refractivity contribution < 1.29 is 18.8 Å². The van der Waals surface area contributed by atoms with E-state index in [9.17, 15) is 18.8 Å². The summed E-state index contributed by atoms with van der Waals surface area (Å²) in [5.41, 5.74) is 0.0537. The number of rotatable bonds is 7. The molecular formula is C23H28FN3O3S. The molecule has 1 aliphatic heterocycles. The van der Waals surface area contributed by atoms with Gasteiger partial charge in [0.1, 0.15) is 11.9 Å². The van der Waals surface area contributed by atoms with Crippen LogP contribution in [0.25, 0.3) is 0 Å². The molecule has 0 saturated carbocycles. The zero-order valence-electron chi connectivity index (χ0n) is 17.8. The molecule has 2 unspecified atom stereocenters. The Labute approximate surface area is 185 Å². The number of hydrogen-bond acceptors (Lipinski definition) is 4. The van der Waals surface area contributed by atoms with Crippen molar-refractivity contribution in [2.45, 2.75) is 45.2 Å². The van der Waals surface area contributed by atoms with E-state index in [1.54, 1.807) is 29.2 Å². The van der Waals surface area contributed by atoms with Gasteiger partial charge in [0.05, 0.1) is 10.4 Å². The minimum atomic E-state index is -0.686. The summed E-state index contributed by atoms with van der Waals surface area (Å²) >= 11 is 1.32. The molecule has 0 bridgehead atoms. The van der Waals surface area contributed by atoms with E-state index in [0.717, 1.165) is 6.42 Å². The average Bonchev–Trinajstić information content (AvgIpc) is 3.32. The molecule has 1 aromatic carbocycles. The van der Waals surface area contributed by atoms with Crippen LogP contribution in [0, 0.1) is 11.7 Å². The Balaban J connectivity index is 1.68. The summed E-state index contributed by atoms with van der Waals surface area (Å²) < 4.78 is 14.0. The van der Waals surface area contributed by atoms with Crippen LogP contribution in [0.1, 0.15) is 53.1 Å². The molecule has 31 heavy (non-hydrogen) atoms. The quantitative estimate of drug-likeness (QED) is 0.685. The molecule has 2 aromatic rings. The average molecular weight is 446 g/mol. The Bertz CT molecular complexity index is 911. The van der Waals surface area contributed by atoms with Gasteiger partial charge in [0.25, 0.3) is 11.8 Å². The van der Waals surface area contributed by atoms with Crippen LogP contribution in [0.3, 0.4) is 0 Å². The number of nitrogens with one attached hydrogen (secondary N) is 2. The number of thiophene rings is 1. The molecule has 3 rings (SSSR count). The van der Waals surface area contributed by atoms with Crippen LogP contribution in [0.4, 0.5) is 4.39 Å². The number of nitrogens with zero attached hydrogens (tertiary/aromatic N) is 1. The highest BCUT2D eigenvalue weighted by molar-refractivity contribution is 7.12. The van der Waals surface area contributed by atoms with Crippen LogP contribution < -0.4 is 10.6 Å². The first-order valence-electron chi connectivity index (χ1n) is 10.6. The fourth-order valence-electron chi connectivity index (χ4n) is 3.69. The molecule has 0 aliphatic carbocycles. The molecule has 2 heterocycles. The lowest BCUT2D eigenvalue weighted by Gasteiger charge is -2.36. The summed E-state index contributed by atoms with van der Waals surface area (Å²) in [5, 5.41) is 7.68. The van der Waals surface area contributed by atoms with Gasteiger partial charge in [0, 0.05) is 19.1 Å². The van der Waals surface area contributed by atoms with Gasteiger partial charge in [-0.2, -0.15) is 0 Å². The number of piperidine rings is 1. The van der Waals surface area contributed by atoms with E-state index in [2.05, 4.69) is 10.6 Å². The summed E-state index contributed by atoms with van der Waals surface area (Å²) in [7, 11) is 0. The largest absolute Gasteiger partial charge is 0.352 e. The number of carbonyl (C=O) groups excluding carboxylic acids is 3. The topological polar surface area (TPSA) is 78.5 Å². The molecule has 3 amide bonds. The van der Waals surface area contributed by atoms with Gasteiger partial charge in [-0.1, -0.05) is 25.1 Å². The number of likely N-dealkylation sites (tertiary alicyclic amines) is 1. The molecule has 1 aliphatic rings. The number of carbonyl (C=O) groups is 3. The van der Waals surface area contributed by atoms with Crippen molar-refractivity contribution in [2.24, 2.45) is 5.92 Å². The van der Waals surface area contributed by atoms with Gasteiger partial charge in [-0.15, -0.1) is 11.3 Å². The van der Waals surface area contributed by atoms with Gasteiger partial charge in [-0.3, -0.25) is 14.4 Å². The fraction of sp³-hybridized carbons (Fsp3) is 0.435. The number of hydrogen-bond donors (Lipinski definition) is 2. The molecule has 0 radical (unpaired) electrons. The number of amides is 3. The van der Waals surface area contributed by atoms with E-state index in [4.69, 9.17) is 0 Å². The SMILES string of the molecule is CCC(C)NC(=O)C(NC(=O)c1cccs1)C1CCN(C(=O)c2ccccc2F)CC1. The Morgan fingerprint density at radius 1 is 1.13 bits per heavy atom. The molecule has 6 nitrogen and oxygen atoms in total. The first-order chi connectivity index (χ1) is 14.9. The van der Waals surface area contributed by atoms with Gasteiger partial charge in [0.2, 0.25) is 5.91 Å². The Kier molecular flexibility index (Phi) is 7.79. The molecule has 1 fully saturated rings. The first kappa shape index (κ1) is 22.9. The maximum atomic E-state index is 14.0. The normalized spacial score (nSPS) is 16.4. The van der Waals surface area contributed by atoms with Gasteiger partial charge in [-0.05, 0) is 55.7 Å². The van der Waals surface area contributed by atoms with E-state index in [0.29, 0.717) is 30.8 Å². The molecule has 166 valence electrons. The van der Waals surface area contributed by atoms with Gasteiger partial charge in [-0.25, -0.2) is 4.39 Å². The molecule has 1 saturated heterocycles. The Morgan fingerprint density at radius 3 is 2.45 bits per heavy atom. The van der Waals surface area contributed by atoms with E-state index < -0.39 is 11.9 Å². The summed E-state index contributed by atoms with van der Waals surface area (Å²) in [6, 6.07) is 8.77. The van der Waals surface area contributed by atoms with E-state index in [1.165, 1.54) is 23.5 Å². The highest BCUT2D eigenvalue weighted by atomic mass is 32.1. The van der Waals surface area contributed by atoms with Crippen LogP contribution in [0.2, 0.25) is 0 Å². The number of halogens is 1. The predicted molar refractivity (Wildman–Crippen MR) is 118 cm³/mol. The first-order valence-corrected chi connectivity index (χ1v) is 11.5. The standard InChI is InChI=1S/C23H28FN3O3S/c1-3-15(2)25-22(29)20(26-21(28)19-9-6-14-31-19)16-10-12-27(13-11-16)23(30)17-7-4-5-8-18(17)24/h4-9,14-16,20H,3,10-13H2,1-2H3,(H,25,29)(H,26,28). The predicted octanol–water partition coefficient (Wildman–Crippen LogP) is 3.45. The highest BCUT2D eigenvalue weighted by Gasteiger charge is 2.35. The monoisotopic (exact) mass is 445 g/mol. The van der Waals surface area contributed by atoms with Crippen molar-refractivity contribution in [1.29, 1.82) is 0 Å². The van der Waals surface area contributed by atoms with Crippen LogP contribution >= 0.6 is 11.3 Å². The summed E-state index contributed by atoms with van der Waals surface area (Å²) in [4.78, 5) is 40.4. The lowest BCUT2D eigenvalue weighted by molar-refractivity contribution is -0.125. The van der Waals surface area contributed by atoms with Gasteiger partial charge < -0.3 is 15.5 Å². The molecule has 8 heteroatoms. The fourth-order valence-corrected chi connectivity index (χ4v) is 4.32. The zero-order valence-corrected chi connectivity index (χ0v) is 18.6. The highest BCUT2D eigenvalue weighted by Crippen LogP contribution is 2.24. The second-order valence-corrected chi connectivity index (χ2v) is 8.80. The maximum absolute atomic E-state index is 14.0. The van der Waals surface area contributed by atoms with Crippen molar-refractivity contribution in [2.75, 3.05) is 13.1 Å². The summed E-state index contributed by atoms with van der Waals surface area (Å²) in [6.45, 7) is 4.71. The lowest BCUT2D eigenvalue weighted by Crippen LogP contribution is -2.55. The van der Waals surface area contributed by atoms with Crippen LogP contribution in [-0.2, 0) is 4.79 Å². The Morgan fingerprint density at radius 2 is 1.84 bits per heavy atom. The zero-order chi connectivity index (χ0) is 22.4. The molecule has 1 aromatic heterocycles. The minimum Gasteiger partial charge on any atom is -0.352 e. The van der Waals surface area contributed by atoms with Gasteiger partial charge >= 0.3 is 0 Å². The third-order valence-electron chi connectivity index (χ3n) is 5.72. The summed E-state index contributed by atoms with van der Waals surface area (Å²) in [6.07, 6.45) is 1.87. The van der Waals surface area contributed by atoms with E-state index in [-0.39, 0.29) is 35.2 Å². The van der Waals surface area contributed by atoms with Crippen molar-refractivity contribution >= 4 is 29.1 Å². The Hall–Kier alpha value is -2.74. The van der Waals surface area contributed by atoms with E-state index >= 15 is 0 Å². The third kappa shape index (κ3) is 5.70. The number of benzene rings is 1. The second kappa shape index (κ2) is 10.5. The lowest BCUT2D eigenvalue weighted by atomic mass is 9.88. The van der Waals surface area contributed by atoms with Crippen molar-refractivity contribution in [3.63, 3.8) is 0 Å². The molecule has 2 N–H and O–H groups in total. The molecule has 0 spiro atoms. The molecular weight excluding hydrogens is 417 g/mol. The van der Waals surface area contributed by atoms with Crippen LogP contribution in [0.15, 0.2) is 41.8 Å².